The molecule has 0 spiro atoms. The van der Waals surface area contributed by atoms with E-state index in [9.17, 15) is 14.7 Å². The van der Waals surface area contributed by atoms with Gasteiger partial charge >= 0.3 is 5.97 Å². The second-order valence-corrected chi connectivity index (χ2v) is 10.8. The van der Waals surface area contributed by atoms with Crippen LogP contribution >= 0.6 is 11.3 Å². The van der Waals surface area contributed by atoms with Gasteiger partial charge in [-0.2, -0.15) is 0 Å². The van der Waals surface area contributed by atoms with Crippen molar-refractivity contribution in [3.8, 4) is 28.4 Å². The summed E-state index contributed by atoms with van der Waals surface area (Å²) in [7, 11) is 1.55. The molecule has 0 radical (unpaired) electrons. The number of aliphatic carboxylic acids is 1. The van der Waals surface area contributed by atoms with Crippen molar-refractivity contribution in [2.24, 2.45) is 17.8 Å². The molecule has 1 aliphatic heterocycles. The maximum absolute atomic E-state index is 13.9. The van der Waals surface area contributed by atoms with Crippen LogP contribution in [0.3, 0.4) is 0 Å². The second-order valence-electron chi connectivity index (χ2n) is 9.92. The van der Waals surface area contributed by atoms with E-state index >= 15 is 0 Å². The summed E-state index contributed by atoms with van der Waals surface area (Å²) in [4.78, 5) is 32.3. The molecule has 194 valence electrons. The number of carboxylic acid groups (broad SMARTS) is 1. The van der Waals surface area contributed by atoms with Gasteiger partial charge in [-0.15, -0.1) is 21.5 Å². The van der Waals surface area contributed by atoms with Crippen LogP contribution in [0.2, 0.25) is 0 Å². The zero-order valence-corrected chi connectivity index (χ0v) is 21.8. The normalized spacial score (nSPS) is 21.0. The number of rotatable bonds is 7. The summed E-state index contributed by atoms with van der Waals surface area (Å²) in [6.45, 7) is 0.560. The Morgan fingerprint density at radius 3 is 2.43 bits per heavy atom. The van der Waals surface area contributed by atoms with Gasteiger partial charge in [0.25, 0.3) is 0 Å². The van der Waals surface area contributed by atoms with Gasteiger partial charge in [-0.25, -0.2) is 4.98 Å². The number of amides is 1. The summed E-state index contributed by atoms with van der Waals surface area (Å²) in [5.41, 5.74) is 3.24. The highest BCUT2D eigenvalue weighted by Gasteiger charge is 2.40. The molecule has 2 atom stereocenters. The fraction of sp³-hybridized carbons (Fsp3) is 0.464. The predicted molar refractivity (Wildman–Crippen MR) is 143 cm³/mol. The van der Waals surface area contributed by atoms with Crippen LogP contribution < -0.4 is 9.64 Å². The maximum atomic E-state index is 13.9. The van der Waals surface area contributed by atoms with Crippen molar-refractivity contribution >= 4 is 28.3 Å². The van der Waals surface area contributed by atoms with E-state index in [-0.39, 0.29) is 18.2 Å². The van der Waals surface area contributed by atoms with Crippen LogP contribution in [0.1, 0.15) is 51.4 Å². The number of anilines is 1. The third kappa shape index (κ3) is 5.51. The van der Waals surface area contributed by atoms with Gasteiger partial charge in [-0.3, -0.25) is 14.5 Å². The molecule has 2 fully saturated rings. The van der Waals surface area contributed by atoms with Crippen LogP contribution in [0.25, 0.3) is 22.5 Å². The Hall–Kier alpha value is -3.33. The molecular weight excluding hydrogens is 488 g/mol. The highest BCUT2D eigenvalue weighted by molar-refractivity contribution is 7.14. The molecule has 5 rings (SSSR count). The summed E-state index contributed by atoms with van der Waals surface area (Å²) < 4.78 is 5.13. The van der Waals surface area contributed by atoms with Crippen LogP contribution in [0, 0.1) is 17.8 Å². The molecule has 1 saturated carbocycles. The third-order valence-corrected chi connectivity index (χ3v) is 8.58. The Morgan fingerprint density at radius 1 is 1.03 bits per heavy atom. The average molecular weight is 521 g/mol. The van der Waals surface area contributed by atoms with Gasteiger partial charge in [-0.05, 0) is 30.7 Å². The molecule has 1 N–H and O–H groups in total. The van der Waals surface area contributed by atoms with E-state index in [0.717, 1.165) is 48.9 Å². The molecule has 3 heterocycles. The average Bonchev–Trinajstić information content (AvgIpc) is 3.62. The molecule has 1 aliphatic carbocycles. The number of carbonyl (C=O) groups excluding carboxylic acids is 1. The molecule has 37 heavy (non-hydrogen) atoms. The highest BCUT2D eigenvalue weighted by atomic mass is 32.1. The Labute approximate surface area is 220 Å². The molecule has 0 bridgehead atoms. The number of methoxy groups -OCH3 is 1. The highest BCUT2D eigenvalue weighted by Crippen LogP contribution is 2.42. The topological polar surface area (TPSA) is 106 Å². The van der Waals surface area contributed by atoms with Crippen molar-refractivity contribution in [3.63, 3.8) is 0 Å². The van der Waals surface area contributed by atoms with Crippen LogP contribution in [0.5, 0.6) is 5.88 Å². The number of carboxylic acids is 1. The third-order valence-electron chi connectivity index (χ3n) is 7.72. The number of hydrogen-bond acceptors (Lipinski definition) is 7. The van der Waals surface area contributed by atoms with Gasteiger partial charge in [0.2, 0.25) is 11.8 Å². The summed E-state index contributed by atoms with van der Waals surface area (Å²) in [5, 5.41) is 20.7. The summed E-state index contributed by atoms with van der Waals surface area (Å²) in [6.07, 6.45) is 7.25. The fourth-order valence-corrected chi connectivity index (χ4v) is 6.78. The van der Waals surface area contributed by atoms with E-state index in [4.69, 9.17) is 9.72 Å². The zero-order chi connectivity index (χ0) is 25.8. The summed E-state index contributed by atoms with van der Waals surface area (Å²) >= 11 is 1.43. The molecule has 3 aromatic rings. The lowest BCUT2D eigenvalue weighted by molar-refractivity contribution is -0.142. The number of aromatic nitrogens is 3. The molecule has 2 aliphatic rings. The van der Waals surface area contributed by atoms with Crippen molar-refractivity contribution in [1.29, 1.82) is 0 Å². The zero-order valence-electron chi connectivity index (χ0n) is 21.0. The lowest BCUT2D eigenvalue weighted by Gasteiger charge is -2.35. The standard InChI is InChI=1S/C28H32N4O4S/c1-36-25-14-13-23(30-31-25)20-11-4-5-12-21(20)24-17-37-28(29-24)32-15-7-6-10-19(18-8-2-3-9-18)22(27(32)35)16-26(33)34/h4-5,11-14,17-19,22H,2-3,6-10,15-16H2,1H3,(H,33,34)/t19-,22+/m1/s1. The number of ether oxygens (including phenoxy) is 1. The molecule has 0 unspecified atom stereocenters. The Bertz CT molecular complexity index is 1240. The minimum atomic E-state index is -0.906. The largest absolute Gasteiger partial charge is 0.481 e. The lowest BCUT2D eigenvalue weighted by atomic mass is 9.74. The first-order valence-electron chi connectivity index (χ1n) is 13.0. The van der Waals surface area contributed by atoms with Crippen molar-refractivity contribution in [2.75, 3.05) is 18.6 Å². The number of thiazole rings is 1. The van der Waals surface area contributed by atoms with Crippen LogP contribution in [-0.2, 0) is 9.59 Å². The Balaban J connectivity index is 1.45. The summed E-state index contributed by atoms with van der Waals surface area (Å²) in [5.74, 6) is -0.486. The second kappa shape index (κ2) is 11.4. The first-order valence-corrected chi connectivity index (χ1v) is 13.9. The molecule has 1 saturated heterocycles. The molecule has 1 aromatic carbocycles. The van der Waals surface area contributed by atoms with Gasteiger partial charge < -0.3 is 9.84 Å². The Morgan fingerprint density at radius 2 is 1.76 bits per heavy atom. The molecular formula is C28H32N4O4S. The van der Waals surface area contributed by atoms with E-state index in [1.807, 2.05) is 35.7 Å². The van der Waals surface area contributed by atoms with Crippen LogP contribution in [0.4, 0.5) is 5.13 Å². The van der Waals surface area contributed by atoms with Crippen molar-refractivity contribution in [3.05, 3.63) is 41.8 Å². The van der Waals surface area contributed by atoms with Gasteiger partial charge in [0, 0.05) is 29.1 Å². The predicted octanol–water partition coefficient (Wildman–Crippen LogP) is 5.69. The Kier molecular flexibility index (Phi) is 7.79. The van der Waals surface area contributed by atoms with E-state index in [0.29, 0.717) is 29.2 Å². The fourth-order valence-electron chi connectivity index (χ4n) is 5.93. The number of hydrogen-bond donors (Lipinski definition) is 1. The molecule has 8 nitrogen and oxygen atoms in total. The maximum Gasteiger partial charge on any atom is 0.304 e. The van der Waals surface area contributed by atoms with Gasteiger partial charge in [0.15, 0.2) is 5.13 Å². The van der Waals surface area contributed by atoms with Crippen molar-refractivity contribution in [1.82, 2.24) is 15.2 Å². The quantitative estimate of drug-likeness (QED) is 0.427. The van der Waals surface area contributed by atoms with Crippen LogP contribution in [-0.4, -0.2) is 45.8 Å². The molecule has 9 heteroatoms. The first-order chi connectivity index (χ1) is 18.0. The van der Waals surface area contributed by atoms with Crippen molar-refractivity contribution in [2.45, 2.75) is 51.4 Å². The monoisotopic (exact) mass is 520 g/mol. The van der Waals surface area contributed by atoms with Gasteiger partial charge in [0.1, 0.15) is 0 Å². The van der Waals surface area contributed by atoms with Crippen molar-refractivity contribution < 1.29 is 19.4 Å². The first kappa shape index (κ1) is 25.3. The summed E-state index contributed by atoms with van der Waals surface area (Å²) in [6, 6.07) is 11.5. The molecule has 1 amide bonds. The smallest absolute Gasteiger partial charge is 0.304 e. The SMILES string of the molecule is COc1ccc(-c2ccccc2-c2csc(N3CCCC[C@H](C4CCCC4)[C@H](CC(=O)O)C3=O)n2)nn1. The van der Waals surface area contributed by atoms with E-state index in [1.54, 1.807) is 18.1 Å². The van der Waals surface area contributed by atoms with Gasteiger partial charge in [-0.1, -0.05) is 56.4 Å². The van der Waals surface area contributed by atoms with E-state index < -0.39 is 11.9 Å². The van der Waals surface area contributed by atoms with Crippen LogP contribution in [0.15, 0.2) is 41.8 Å². The lowest BCUT2D eigenvalue weighted by Crippen LogP contribution is -2.44. The van der Waals surface area contributed by atoms with Gasteiger partial charge in [0.05, 0.1) is 30.8 Å². The minimum absolute atomic E-state index is 0.0887. The molecule has 2 aromatic heterocycles. The number of benzene rings is 1. The number of nitrogens with zero attached hydrogens (tertiary/aromatic N) is 4. The van der Waals surface area contributed by atoms with E-state index in [1.165, 1.54) is 24.2 Å². The minimum Gasteiger partial charge on any atom is -0.481 e. The van der Waals surface area contributed by atoms with E-state index in [2.05, 4.69) is 10.2 Å². The number of carbonyl (C=O) groups is 2.